The van der Waals surface area contributed by atoms with Gasteiger partial charge < -0.3 is 0 Å². The maximum absolute atomic E-state index is 6.36. The zero-order valence-electron chi connectivity index (χ0n) is 11.2. The van der Waals surface area contributed by atoms with Crippen molar-refractivity contribution in [3.8, 4) is 0 Å². The Balaban J connectivity index is 4.95. The van der Waals surface area contributed by atoms with Crippen LogP contribution in [0.1, 0.15) is 48.5 Å². The van der Waals surface area contributed by atoms with Crippen LogP contribution >= 0.6 is 0 Å². The molecule has 1 nitrogen and oxygen atoms in total. The summed E-state index contributed by atoms with van der Waals surface area (Å²) in [5, 5.41) is 0. The first-order valence-electron chi connectivity index (χ1n) is 5.92. The van der Waals surface area contributed by atoms with Gasteiger partial charge in [0.1, 0.15) is 0 Å². The van der Waals surface area contributed by atoms with Gasteiger partial charge in [-0.1, -0.05) is 0 Å². The van der Waals surface area contributed by atoms with E-state index < -0.39 is 8.32 Å². The molecule has 0 amide bonds. The van der Waals surface area contributed by atoms with Gasteiger partial charge in [0.15, 0.2) is 0 Å². The Morgan fingerprint density at radius 2 is 1.07 bits per heavy atom. The van der Waals surface area contributed by atoms with Crippen LogP contribution < -0.4 is 0 Å². The van der Waals surface area contributed by atoms with Gasteiger partial charge >= 0.3 is 100 Å². The van der Waals surface area contributed by atoms with Crippen molar-refractivity contribution in [2.75, 3.05) is 0 Å². The predicted octanol–water partition coefficient (Wildman–Crippen LogP) is 3.69. The molecule has 0 spiro atoms. The van der Waals surface area contributed by atoms with E-state index in [1.54, 1.807) is 0 Å². The van der Waals surface area contributed by atoms with Crippen molar-refractivity contribution < 1.29 is 4.43 Å². The Bertz CT molecular complexity index is 145. The average Bonchev–Trinajstić information content (AvgIpc) is 1.97. The van der Waals surface area contributed by atoms with E-state index >= 15 is 0 Å². The Morgan fingerprint density at radius 3 is 1.14 bits per heavy atom. The second-order valence-electron chi connectivity index (χ2n) is 5.48. The van der Waals surface area contributed by atoms with Gasteiger partial charge in [-0.3, -0.25) is 0 Å². The van der Waals surface area contributed by atoms with E-state index in [0.29, 0.717) is 21.4 Å². The van der Waals surface area contributed by atoms with Crippen LogP contribution in [-0.4, -0.2) is 30.8 Å². The van der Waals surface area contributed by atoms with Crippen molar-refractivity contribution in [1.29, 1.82) is 0 Å². The molecule has 0 aliphatic rings. The van der Waals surface area contributed by atoms with Crippen molar-refractivity contribution >= 4 is 26.0 Å². The molecule has 0 aliphatic heterocycles. The summed E-state index contributed by atoms with van der Waals surface area (Å²) in [6, 6.07) is 0. The fourth-order valence-electron chi connectivity index (χ4n) is 2.82. The first kappa shape index (κ1) is 14.8. The molecule has 0 rings (SSSR count). The minimum absolute atomic E-state index is 0.369. The van der Waals surface area contributed by atoms with Crippen LogP contribution in [0.3, 0.4) is 0 Å². The standard InChI is InChI=1S/C11H25OSi.Li/c1-8-12-13(9(2)3,10(4)5)11(6)7;/h8-11H,1-7H3;. The first-order chi connectivity index (χ1) is 6.25. The Labute approximate surface area is 100 Å². The molecule has 0 aromatic rings. The van der Waals surface area contributed by atoms with Gasteiger partial charge in [-0.05, 0) is 0 Å². The normalized spacial score (nSPS) is 15.7. The fraction of sp³-hybridized carbons (Fsp3) is 1.00. The quantitative estimate of drug-likeness (QED) is 0.626. The Kier molecular flexibility index (Phi) is 6.07. The van der Waals surface area contributed by atoms with Gasteiger partial charge in [0.05, 0.1) is 0 Å². The van der Waals surface area contributed by atoms with Crippen LogP contribution in [0.5, 0.6) is 0 Å². The third kappa shape index (κ3) is 3.13. The van der Waals surface area contributed by atoms with Crippen LogP contribution in [0, 0.1) is 0 Å². The molecule has 0 N–H and O–H groups in total. The van der Waals surface area contributed by atoms with Gasteiger partial charge in [-0.2, -0.15) is 0 Å². The molecule has 0 saturated heterocycles. The van der Waals surface area contributed by atoms with Gasteiger partial charge in [0, 0.05) is 0 Å². The van der Waals surface area contributed by atoms with Crippen molar-refractivity contribution in [2.24, 2.45) is 0 Å². The van der Waals surface area contributed by atoms with E-state index in [-0.39, 0.29) is 0 Å². The molecule has 1 unspecified atom stereocenters. The predicted molar refractivity (Wildman–Crippen MR) is 67.3 cm³/mol. The van der Waals surface area contributed by atoms with E-state index in [9.17, 15) is 0 Å². The third-order valence-electron chi connectivity index (χ3n) is 3.15. The van der Waals surface area contributed by atoms with Gasteiger partial charge in [-0.15, -0.1) is 0 Å². The summed E-state index contributed by atoms with van der Waals surface area (Å²) in [5.74, 6) is 0. The van der Waals surface area contributed by atoms with Crippen molar-refractivity contribution in [3.05, 3.63) is 0 Å². The topological polar surface area (TPSA) is 9.23 Å². The van der Waals surface area contributed by atoms with Gasteiger partial charge in [-0.25, -0.2) is 0 Å². The molecular weight excluding hydrogens is 183 g/mol. The molecular formula is C11H25LiOSi. The summed E-state index contributed by atoms with van der Waals surface area (Å²) in [6.07, 6.45) is 0. The Morgan fingerprint density at radius 1 is 0.786 bits per heavy atom. The fourth-order valence-corrected chi connectivity index (χ4v) is 8.45. The van der Waals surface area contributed by atoms with Crippen LogP contribution in [0.25, 0.3) is 0 Å². The second-order valence-corrected chi connectivity index (χ2v) is 10.9. The van der Waals surface area contributed by atoms with Crippen molar-refractivity contribution in [3.63, 3.8) is 0 Å². The SMILES string of the molecule is [Li][CH](C)O[Si](C(C)C)(C(C)C)C(C)C. The molecule has 0 radical (unpaired) electrons. The molecule has 0 fully saturated rings. The third-order valence-corrected chi connectivity index (χ3v) is 9.44. The van der Waals surface area contributed by atoms with Crippen molar-refractivity contribution in [2.45, 2.75) is 69.9 Å². The van der Waals surface area contributed by atoms with Crippen LogP contribution in [0.4, 0.5) is 0 Å². The van der Waals surface area contributed by atoms with E-state index in [2.05, 4.69) is 66.2 Å². The summed E-state index contributed by atoms with van der Waals surface area (Å²) in [5.41, 5.74) is 2.10. The second kappa shape index (κ2) is 5.75. The zero-order valence-corrected chi connectivity index (χ0v) is 12.2. The maximum atomic E-state index is 6.36. The molecule has 3 heteroatoms. The summed E-state index contributed by atoms with van der Waals surface area (Å²) >= 11 is 2.16. The molecule has 80 valence electrons. The van der Waals surface area contributed by atoms with Gasteiger partial charge in [0.2, 0.25) is 0 Å². The summed E-state index contributed by atoms with van der Waals surface area (Å²) in [7, 11) is -1.59. The van der Waals surface area contributed by atoms with Crippen LogP contribution in [0.2, 0.25) is 16.6 Å². The molecule has 0 saturated carbocycles. The monoisotopic (exact) mass is 208 g/mol. The summed E-state index contributed by atoms with van der Waals surface area (Å²) in [4.78, 5) is 0. The van der Waals surface area contributed by atoms with E-state index in [4.69, 9.17) is 4.43 Å². The number of rotatable bonds is 5. The average molecular weight is 208 g/mol. The van der Waals surface area contributed by atoms with Gasteiger partial charge in [0.25, 0.3) is 0 Å². The Hall–Kier alpha value is 0.774. The number of hydrogen-bond donors (Lipinski definition) is 0. The van der Waals surface area contributed by atoms with E-state index in [0.717, 1.165) is 0 Å². The minimum atomic E-state index is -1.59. The molecule has 0 bridgehead atoms. The molecule has 0 heterocycles. The molecule has 0 aromatic carbocycles. The first-order valence-corrected chi connectivity index (χ1v) is 8.06. The molecule has 0 aliphatic carbocycles. The van der Waals surface area contributed by atoms with Crippen molar-refractivity contribution in [1.82, 2.24) is 0 Å². The number of hydrogen-bond acceptors (Lipinski definition) is 1. The summed E-state index contributed by atoms with van der Waals surface area (Å²) in [6.45, 7) is 16.1. The zero-order chi connectivity index (χ0) is 11.5. The van der Waals surface area contributed by atoms with E-state index in [1.807, 2.05) is 0 Å². The summed E-state index contributed by atoms with van der Waals surface area (Å²) < 4.78 is 6.73. The molecule has 14 heavy (non-hydrogen) atoms. The molecule has 1 atom stereocenters. The van der Waals surface area contributed by atoms with Crippen LogP contribution in [0.15, 0.2) is 0 Å². The molecule has 0 aromatic heterocycles. The van der Waals surface area contributed by atoms with Crippen LogP contribution in [-0.2, 0) is 4.43 Å². The van der Waals surface area contributed by atoms with E-state index in [1.165, 1.54) is 0 Å².